The van der Waals surface area contributed by atoms with Gasteiger partial charge in [-0.1, -0.05) is 43.9 Å². The van der Waals surface area contributed by atoms with E-state index < -0.39 is 5.97 Å². The number of anilines is 2. The zero-order valence-electron chi connectivity index (χ0n) is 23.6. The van der Waals surface area contributed by atoms with E-state index in [0.29, 0.717) is 24.3 Å². The van der Waals surface area contributed by atoms with Crippen LogP contribution >= 0.6 is 0 Å². The molecule has 0 aromatic heterocycles. The minimum Gasteiger partial charge on any atom is -0.481 e. The van der Waals surface area contributed by atoms with Crippen molar-refractivity contribution in [2.45, 2.75) is 70.8 Å². The third-order valence-corrected chi connectivity index (χ3v) is 7.24. The van der Waals surface area contributed by atoms with Crippen LogP contribution in [0.15, 0.2) is 42.5 Å². The minimum atomic E-state index is -1.00. The number of aryl methyl sites for hydroxylation is 1. The second-order valence-electron chi connectivity index (χ2n) is 10.5. The summed E-state index contributed by atoms with van der Waals surface area (Å²) >= 11 is 0. The number of hydrogen-bond acceptors (Lipinski definition) is 6. The van der Waals surface area contributed by atoms with Gasteiger partial charge in [-0.25, -0.2) is 0 Å². The van der Waals surface area contributed by atoms with Crippen molar-refractivity contribution in [3.63, 3.8) is 0 Å². The van der Waals surface area contributed by atoms with Crippen molar-refractivity contribution in [2.75, 3.05) is 42.9 Å². The van der Waals surface area contributed by atoms with Gasteiger partial charge in [-0.05, 0) is 80.6 Å². The number of rotatable bonds is 18. The monoisotopic (exact) mass is 551 g/mol. The molecule has 0 saturated carbocycles. The highest BCUT2D eigenvalue weighted by Crippen LogP contribution is 2.30. The Morgan fingerprint density at radius 3 is 2.33 bits per heavy atom. The normalized spacial score (nSPS) is 13.3. The van der Waals surface area contributed by atoms with E-state index in [2.05, 4.69) is 5.32 Å². The Morgan fingerprint density at radius 1 is 0.875 bits per heavy atom. The first-order valence-electron chi connectivity index (χ1n) is 14.6. The summed E-state index contributed by atoms with van der Waals surface area (Å²) in [5.41, 5.74) is 15.1. The Balaban J connectivity index is 1.78. The van der Waals surface area contributed by atoms with E-state index in [1.54, 1.807) is 4.90 Å². The predicted octanol–water partition coefficient (Wildman–Crippen LogP) is 4.14. The number of carboxylic acid groups (broad SMARTS) is 1. The summed E-state index contributed by atoms with van der Waals surface area (Å²) in [6.07, 6.45) is 9.12. The molecule has 2 amide bonds. The summed E-state index contributed by atoms with van der Waals surface area (Å²) in [6, 6.07) is 13.7. The van der Waals surface area contributed by atoms with Gasteiger partial charge in [0.15, 0.2) is 0 Å². The second-order valence-corrected chi connectivity index (χ2v) is 10.5. The van der Waals surface area contributed by atoms with Gasteiger partial charge in [0.1, 0.15) is 6.54 Å². The number of fused-ring (bicyclic) bond motifs is 1. The standard InChI is InChI=1S/C31H45N5O4/c32-16-6-2-1-5-10-24-13-14-28-27(21-24)31(40)35(19-15-30(38)39)23-29(37)36(28)22-25-11-9-12-26(20-25)34-18-8-4-3-7-17-33/h9,11-14,20-21,34H,1-8,10,15-19,22-23,32-33H2,(H,38,39). The largest absolute Gasteiger partial charge is 0.481 e. The van der Waals surface area contributed by atoms with E-state index in [1.807, 2.05) is 42.5 Å². The maximum absolute atomic E-state index is 13.6. The highest BCUT2D eigenvalue weighted by atomic mass is 16.4. The van der Waals surface area contributed by atoms with E-state index in [1.165, 1.54) is 4.90 Å². The lowest BCUT2D eigenvalue weighted by molar-refractivity contribution is -0.137. The fraction of sp³-hybridized carbons (Fsp3) is 0.516. The number of unbranched alkanes of at least 4 members (excludes halogenated alkanes) is 6. The molecule has 1 aliphatic heterocycles. The summed E-state index contributed by atoms with van der Waals surface area (Å²) in [5, 5.41) is 12.7. The van der Waals surface area contributed by atoms with E-state index >= 15 is 0 Å². The molecule has 2 aromatic carbocycles. The van der Waals surface area contributed by atoms with Gasteiger partial charge in [0.2, 0.25) is 5.91 Å². The molecule has 40 heavy (non-hydrogen) atoms. The molecule has 0 bridgehead atoms. The van der Waals surface area contributed by atoms with Gasteiger partial charge >= 0.3 is 5.97 Å². The molecule has 6 N–H and O–H groups in total. The number of benzene rings is 2. The lowest BCUT2D eigenvalue weighted by Gasteiger charge is -2.23. The van der Waals surface area contributed by atoms with Crippen molar-refractivity contribution in [2.24, 2.45) is 11.5 Å². The molecule has 0 radical (unpaired) electrons. The van der Waals surface area contributed by atoms with Gasteiger partial charge in [0.25, 0.3) is 5.91 Å². The molecular weight excluding hydrogens is 506 g/mol. The molecule has 9 heteroatoms. The van der Waals surface area contributed by atoms with Crippen molar-refractivity contribution < 1.29 is 19.5 Å². The van der Waals surface area contributed by atoms with Crippen LogP contribution in [0.1, 0.15) is 79.3 Å². The Bertz CT molecular complexity index is 1120. The molecule has 0 spiro atoms. The maximum atomic E-state index is 13.6. The Hall–Kier alpha value is -3.43. The number of nitrogens with two attached hydrogens (primary N) is 2. The molecular formula is C31H45N5O4. The molecule has 2 aromatic rings. The molecule has 0 fully saturated rings. The number of hydrogen-bond donors (Lipinski definition) is 4. The molecule has 9 nitrogen and oxygen atoms in total. The van der Waals surface area contributed by atoms with Crippen molar-refractivity contribution in [3.8, 4) is 0 Å². The van der Waals surface area contributed by atoms with E-state index in [0.717, 1.165) is 87.7 Å². The van der Waals surface area contributed by atoms with Crippen molar-refractivity contribution >= 4 is 29.2 Å². The van der Waals surface area contributed by atoms with Crippen LogP contribution in [-0.4, -0.2) is 60.5 Å². The highest BCUT2D eigenvalue weighted by molar-refractivity contribution is 6.09. The molecule has 0 atom stereocenters. The van der Waals surface area contributed by atoms with Gasteiger partial charge in [-0.3, -0.25) is 14.4 Å². The molecule has 0 unspecified atom stereocenters. The molecule has 0 saturated heterocycles. The summed E-state index contributed by atoms with van der Waals surface area (Å²) in [7, 11) is 0. The topological polar surface area (TPSA) is 142 Å². The first kappa shape index (κ1) is 31.1. The zero-order chi connectivity index (χ0) is 28.7. The van der Waals surface area contributed by atoms with Gasteiger partial charge < -0.3 is 31.7 Å². The lowest BCUT2D eigenvalue weighted by atomic mass is 10.0. The van der Waals surface area contributed by atoms with Gasteiger partial charge in [-0.2, -0.15) is 0 Å². The third-order valence-electron chi connectivity index (χ3n) is 7.24. The number of amides is 2. The summed E-state index contributed by atoms with van der Waals surface area (Å²) in [5.74, 6) is -1.54. The quantitative estimate of drug-likeness (QED) is 0.204. The first-order valence-corrected chi connectivity index (χ1v) is 14.6. The zero-order valence-corrected chi connectivity index (χ0v) is 23.6. The maximum Gasteiger partial charge on any atom is 0.305 e. The van der Waals surface area contributed by atoms with Crippen molar-refractivity contribution in [3.05, 3.63) is 59.2 Å². The van der Waals surface area contributed by atoms with Crippen LogP contribution in [0.25, 0.3) is 0 Å². The summed E-state index contributed by atoms with van der Waals surface area (Å²) < 4.78 is 0. The number of carbonyl (C=O) groups excluding carboxylic acids is 2. The van der Waals surface area contributed by atoms with E-state index in [9.17, 15) is 19.5 Å². The van der Waals surface area contributed by atoms with Gasteiger partial charge in [0.05, 0.1) is 24.2 Å². The van der Waals surface area contributed by atoms with Crippen molar-refractivity contribution in [1.82, 2.24) is 4.90 Å². The molecule has 1 aliphatic rings. The number of nitrogens with one attached hydrogen (secondary N) is 1. The summed E-state index contributed by atoms with van der Waals surface area (Å²) in [4.78, 5) is 41.3. The van der Waals surface area contributed by atoms with Crippen molar-refractivity contribution in [1.29, 1.82) is 0 Å². The van der Waals surface area contributed by atoms with Gasteiger partial charge in [0, 0.05) is 18.8 Å². The average molecular weight is 552 g/mol. The highest BCUT2D eigenvalue weighted by Gasteiger charge is 2.32. The molecule has 3 rings (SSSR count). The van der Waals surface area contributed by atoms with Gasteiger partial charge in [-0.15, -0.1) is 0 Å². The summed E-state index contributed by atoms with van der Waals surface area (Å²) in [6.45, 7) is 2.43. The number of carboxylic acids is 1. The SMILES string of the molecule is NCCCCCCNc1cccc(CN2C(=O)CN(CCC(=O)O)C(=O)c3cc(CCCCCCN)ccc32)c1. The van der Waals surface area contributed by atoms with Crippen LogP contribution in [-0.2, 0) is 22.6 Å². The van der Waals surface area contributed by atoms with E-state index in [4.69, 9.17) is 11.5 Å². The molecule has 218 valence electrons. The fourth-order valence-electron chi connectivity index (χ4n) is 5.00. The number of nitrogens with zero attached hydrogens (tertiary/aromatic N) is 2. The van der Waals surface area contributed by atoms with E-state index in [-0.39, 0.29) is 31.3 Å². The smallest absolute Gasteiger partial charge is 0.305 e. The van der Waals surface area contributed by atoms with Crippen LogP contribution in [0.5, 0.6) is 0 Å². The van der Waals surface area contributed by atoms with Crippen LogP contribution in [0, 0.1) is 0 Å². The second kappa shape index (κ2) is 16.6. The average Bonchev–Trinajstić information content (AvgIpc) is 3.04. The first-order chi connectivity index (χ1) is 19.4. The fourth-order valence-corrected chi connectivity index (χ4v) is 5.00. The number of aliphatic carboxylic acids is 1. The predicted molar refractivity (Wildman–Crippen MR) is 159 cm³/mol. The number of carbonyl (C=O) groups is 3. The Kier molecular flexibility index (Phi) is 12.9. The lowest BCUT2D eigenvalue weighted by Crippen LogP contribution is -2.40. The van der Waals surface area contributed by atoms with Crippen LogP contribution < -0.4 is 21.7 Å². The minimum absolute atomic E-state index is 0.0127. The van der Waals surface area contributed by atoms with Crippen LogP contribution in [0.4, 0.5) is 11.4 Å². The Morgan fingerprint density at radius 2 is 1.60 bits per heavy atom. The Labute approximate surface area is 237 Å². The van der Waals surface area contributed by atoms with Crippen LogP contribution in [0.3, 0.4) is 0 Å². The molecule has 0 aliphatic carbocycles. The third kappa shape index (κ3) is 9.64. The molecule has 1 heterocycles. The van der Waals surface area contributed by atoms with Crippen LogP contribution in [0.2, 0.25) is 0 Å².